The minimum absolute atomic E-state index is 0.202. The van der Waals surface area contributed by atoms with E-state index in [0.29, 0.717) is 26.2 Å². The van der Waals surface area contributed by atoms with E-state index in [2.05, 4.69) is 0 Å². The molecular weight excluding hydrogens is 244 g/mol. The number of hydrogen-bond donors (Lipinski definition) is 0. The lowest BCUT2D eigenvalue weighted by Crippen LogP contribution is -2.20. The van der Waals surface area contributed by atoms with Crippen LogP contribution in [0.15, 0.2) is 18.2 Å². The molecule has 1 rings (SSSR count). The molecule has 0 spiro atoms. The van der Waals surface area contributed by atoms with Gasteiger partial charge < -0.3 is 18.9 Å². The predicted molar refractivity (Wildman–Crippen MR) is 74.9 cm³/mol. The number of benzene rings is 1. The number of hydrogen-bond acceptors (Lipinski definition) is 4. The molecule has 4 nitrogen and oxygen atoms in total. The SMILES string of the molecule is CCOC(CCOc1ccc(C)cc1OC)OCC. The molecule has 0 aliphatic heterocycles. The Hall–Kier alpha value is -1.26. The van der Waals surface area contributed by atoms with Crippen molar-refractivity contribution in [2.75, 3.05) is 26.9 Å². The molecule has 0 bridgehead atoms. The Morgan fingerprint density at radius 2 is 1.74 bits per heavy atom. The van der Waals surface area contributed by atoms with E-state index in [0.717, 1.165) is 17.1 Å². The second-order valence-electron chi connectivity index (χ2n) is 4.13. The molecule has 0 aliphatic rings. The van der Waals surface area contributed by atoms with Gasteiger partial charge in [0.05, 0.1) is 13.7 Å². The van der Waals surface area contributed by atoms with Gasteiger partial charge in [0.2, 0.25) is 0 Å². The molecule has 0 fully saturated rings. The summed E-state index contributed by atoms with van der Waals surface area (Å²) in [5.41, 5.74) is 1.14. The summed E-state index contributed by atoms with van der Waals surface area (Å²) in [6.45, 7) is 7.74. The van der Waals surface area contributed by atoms with Crippen LogP contribution in [0.2, 0.25) is 0 Å². The summed E-state index contributed by atoms with van der Waals surface area (Å²) in [4.78, 5) is 0. The first-order valence-corrected chi connectivity index (χ1v) is 6.71. The second kappa shape index (κ2) is 8.77. The van der Waals surface area contributed by atoms with Crippen LogP contribution in [0, 0.1) is 6.92 Å². The van der Waals surface area contributed by atoms with E-state index < -0.39 is 0 Å². The zero-order chi connectivity index (χ0) is 14.1. The minimum atomic E-state index is -0.202. The number of ether oxygens (including phenoxy) is 4. The lowest BCUT2D eigenvalue weighted by molar-refractivity contribution is -0.142. The third kappa shape index (κ3) is 5.49. The molecule has 1 aromatic carbocycles. The minimum Gasteiger partial charge on any atom is -0.493 e. The van der Waals surface area contributed by atoms with Gasteiger partial charge in [-0.25, -0.2) is 0 Å². The summed E-state index contributed by atoms with van der Waals surface area (Å²) in [7, 11) is 1.64. The maximum atomic E-state index is 5.72. The summed E-state index contributed by atoms with van der Waals surface area (Å²) in [6, 6.07) is 5.88. The van der Waals surface area contributed by atoms with Crippen molar-refractivity contribution in [3.63, 3.8) is 0 Å². The van der Waals surface area contributed by atoms with E-state index in [1.54, 1.807) is 7.11 Å². The van der Waals surface area contributed by atoms with Gasteiger partial charge in [0, 0.05) is 19.6 Å². The zero-order valence-corrected chi connectivity index (χ0v) is 12.3. The Balaban J connectivity index is 2.47. The normalized spacial score (nSPS) is 10.8. The lowest BCUT2D eigenvalue weighted by Gasteiger charge is -2.17. The Bertz CT molecular complexity index is 359. The fourth-order valence-electron chi connectivity index (χ4n) is 1.75. The van der Waals surface area contributed by atoms with Crippen molar-refractivity contribution in [2.24, 2.45) is 0 Å². The summed E-state index contributed by atoms with van der Waals surface area (Å²) < 4.78 is 21.9. The van der Waals surface area contributed by atoms with Gasteiger partial charge in [0.1, 0.15) is 0 Å². The van der Waals surface area contributed by atoms with Crippen LogP contribution >= 0.6 is 0 Å². The molecule has 0 N–H and O–H groups in total. The average molecular weight is 268 g/mol. The molecule has 4 heteroatoms. The molecule has 108 valence electrons. The maximum Gasteiger partial charge on any atom is 0.161 e. The quantitative estimate of drug-likeness (QED) is 0.645. The highest BCUT2D eigenvalue weighted by Gasteiger charge is 2.09. The Morgan fingerprint density at radius 1 is 1.05 bits per heavy atom. The van der Waals surface area contributed by atoms with Gasteiger partial charge in [-0.3, -0.25) is 0 Å². The van der Waals surface area contributed by atoms with Crippen LogP contribution in [0.3, 0.4) is 0 Å². The first-order chi connectivity index (χ1) is 9.21. The Morgan fingerprint density at radius 3 is 2.32 bits per heavy atom. The summed E-state index contributed by atoms with van der Waals surface area (Å²) in [6.07, 6.45) is 0.491. The van der Waals surface area contributed by atoms with Crippen molar-refractivity contribution in [1.82, 2.24) is 0 Å². The first kappa shape index (κ1) is 15.8. The number of rotatable bonds is 9. The van der Waals surface area contributed by atoms with Crippen molar-refractivity contribution in [3.8, 4) is 11.5 Å². The number of methoxy groups -OCH3 is 1. The lowest BCUT2D eigenvalue weighted by atomic mass is 10.2. The van der Waals surface area contributed by atoms with Crippen LogP contribution in [-0.4, -0.2) is 33.2 Å². The molecule has 0 aromatic heterocycles. The van der Waals surface area contributed by atoms with Crippen LogP contribution in [-0.2, 0) is 9.47 Å². The Labute approximate surface area is 115 Å². The van der Waals surface area contributed by atoms with Gasteiger partial charge in [-0.2, -0.15) is 0 Å². The van der Waals surface area contributed by atoms with Gasteiger partial charge in [0.25, 0.3) is 0 Å². The van der Waals surface area contributed by atoms with Crippen molar-refractivity contribution >= 4 is 0 Å². The van der Waals surface area contributed by atoms with Crippen molar-refractivity contribution in [2.45, 2.75) is 33.5 Å². The second-order valence-corrected chi connectivity index (χ2v) is 4.13. The molecule has 0 saturated carbocycles. The van der Waals surface area contributed by atoms with Crippen LogP contribution in [0.1, 0.15) is 25.8 Å². The van der Waals surface area contributed by atoms with Crippen LogP contribution in [0.25, 0.3) is 0 Å². The highest BCUT2D eigenvalue weighted by atomic mass is 16.7. The van der Waals surface area contributed by atoms with E-state index in [9.17, 15) is 0 Å². The molecule has 19 heavy (non-hydrogen) atoms. The molecule has 0 atom stereocenters. The summed E-state index contributed by atoms with van der Waals surface area (Å²) in [5, 5.41) is 0. The van der Waals surface area contributed by atoms with E-state index in [4.69, 9.17) is 18.9 Å². The molecule has 0 amide bonds. The van der Waals surface area contributed by atoms with E-state index >= 15 is 0 Å². The topological polar surface area (TPSA) is 36.9 Å². The summed E-state index contributed by atoms with van der Waals surface area (Å²) in [5.74, 6) is 1.50. The van der Waals surface area contributed by atoms with Gasteiger partial charge in [-0.1, -0.05) is 6.07 Å². The van der Waals surface area contributed by atoms with E-state index in [-0.39, 0.29) is 6.29 Å². The molecule has 0 heterocycles. The third-order valence-electron chi connectivity index (χ3n) is 2.64. The van der Waals surface area contributed by atoms with Crippen LogP contribution < -0.4 is 9.47 Å². The van der Waals surface area contributed by atoms with Gasteiger partial charge in [0.15, 0.2) is 17.8 Å². The maximum absolute atomic E-state index is 5.72. The van der Waals surface area contributed by atoms with E-state index in [1.165, 1.54) is 0 Å². The highest BCUT2D eigenvalue weighted by Crippen LogP contribution is 2.27. The highest BCUT2D eigenvalue weighted by molar-refractivity contribution is 5.42. The van der Waals surface area contributed by atoms with Gasteiger partial charge in [-0.05, 0) is 38.5 Å². The smallest absolute Gasteiger partial charge is 0.161 e. The average Bonchev–Trinajstić information content (AvgIpc) is 2.40. The van der Waals surface area contributed by atoms with Gasteiger partial charge >= 0.3 is 0 Å². The molecule has 0 saturated heterocycles. The van der Waals surface area contributed by atoms with Crippen LogP contribution in [0.4, 0.5) is 0 Å². The third-order valence-corrected chi connectivity index (χ3v) is 2.64. The fraction of sp³-hybridized carbons (Fsp3) is 0.600. The molecule has 0 unspecified atom stereocenters. The zero-order valence-electron chi connectivity index (χ0n) is 12.3. The predicted octanol–water partition coefficient (Wildman–Crippen LogP) is 3.17. The van der Waals surface area contributed by atoms with Crippen LogP contribution in [0.5, 0.6) is 11.5 Å². The van der Waals surface area contributed by atoms with Crippen molar-refractivity contribution < 1.29 is 18.9 Å². The van der Waals surface area contributed by atoms with Gasteiger partial charge in [-0.15, -0.1) is 0 Å². The fourth-order valence-corrected chi connectivity index (χ4v) is 1.75. The van der Waals surface area contributed by atoms with E-state index in [1.807, 2.05) is 39.0 Å². The number of aryl methyl sites for hydroxylation is 1. The molecule has 1 aromatic rings. The molecule has 0 radical (unpaired) electrons. The standard InChI is InChI=1S/C15H24O4/c1-5-17-15(18-6-2)9-10-19-13-8-7-12(3)11-14(13)16-4/h7-8,11,15H,5-6,9-10H2,1-4H3. The monoisotopic (exact) mass is 268 g/mol. The molecule has 0 aliphatic carbocycles. The largest absolute Gasteiger partial charge is 0.493 e. The Kier molecular flexibility index (Phi) is 7.30. The summed E-state index contributed by atoms with van der Waals surface area (Å²) >= 11 is 0. The molecular formula is C15H24O4. The van der Waals surface area contributed by atoms with Crippen molar-refractivity contribution in [1.29, 1.82) is 0 Å². The van der Waals surface area contributed by atoms with Crippen molar-refractivity contribution in [3.05, 3.63) is 23.8 Å². The first-order valence-electron chi connectivity index (χ1n) is 6.71.